The van der Waals surface area contributed by atoms with E-state index in [4.69, 9.17) is 13.9 Å². The van der Waals surface area contributed by atoms with Gasteiger partial charge in [0.1, 0.15) is 18.1 Å². The lowest BCUT2D eigenvalue weighted by atomic mass is 9.95. The number of methoxy groups -OCH3 is 2. The highest BCUT2D eigenvalue weighted by atomic mass is 19.1. The second-order valence-corrected chi connectivity index (χ2v) is 10.4. The number of rotatable bonds is 12. The molecular weight excluding hydrogens is 555 g/mol. The van der Waals surface area contributed by atoms with Crippen molar-refractivity contribution in [3.8, 4) is 22.9 Å². The summed E-state index contributed by atoms with van der Waals surface area (Å²) in [4.78, 5) is 30.4. The number of amides is 2. The molecule has 2 aromatic heterocycles. The fourth-order valence-electron chi connectivity index (χ4n) is 5.35. The molecule has 0 aliphatic heterocycles. The van der Waals surface area contributed by atoms with Crippen molar-refractivity contribution in [3.63, 3.8) is 0 Å². The molecule has 226 valence electrons. The lowest BCUT2D eigenvalue weighted by molar-refractivity contribution is -0.142. The number of tetrazole rings is 1. The lowest BCUT2D eigenvalue weighted by Gasteiger charge is -2.32. The summed E-state index contributed by atoms with van der Waals surface area (Å²) in [6.07, 6.45) is 6.89. The van der Waals surface area contributed by atoms with Gasteiger partial charge in [-0.25, -0.2) is 4.39 Å². The number of hydrogen-bond donors (Lipinski definition) is 1. The van der Waals surface area contributed by atoms with Gasteiger partial charge < -0.3 is 24.1 Å². The summed E-state index contributed by atoms with van der Waals surface area (Å²) >= 11 is 0. The quantitative estimate of drug-likeness (QED) is 0.258. The minimum absolute atomic E-state index is 0.0295. The molecule has 0 saturated heterocycles. The van der Waals surface area contributed by atoms with Crippen molar-refractivity contribution in [1.29, 1.82) is 0 Å². The van der Waals surface area contributed by atoms with Gasteiger partial charge in [-0.15, -0.1) is 10.2 Å². The molecule has 0 spiro atoms. The number of ether oxygens (including phenoxy) is 2. The smallest absolute Gasteiger partial charge is 0.250 e. The van der Waals surface area contributed by atoms with Crippen LogP contribution in [-0.2, 0) is 22.6 Å². The number of furan rings is 1. The van der Waals surface area contributed by atoms with Gasteiger partial charge in [-0.3, -0.25) is 9.59 Å². The van der Waals surface area contributed by atoms with Crippen molar-refractivity contribution in [3.05, 3.63) is 78.0 Å². The van der Waals surface area contributed by atoms with Crippen LogP contribution in [-0.4, -0.2) is 63.7 Å². The monoisotopic (exact) mass is 590 g/mol. The number of carbonyl (C=O) groups is 2. The van der Waals surface area contributed by atoms with E-state index in [9.17, 15) is 14.0 Å². The molecule has 0 radical (unpaired) electrons. The molecule has 43 heavy (non-hydrogen) atoms. The van der Waals surface area contributed by atoms with Gasteiger partial charge >= 0.3 is 0 Å². The molecule has 11 nitrogen and oxygen atoms in total. The summed E-state index contributed by atoms with van der Waals surface area (Å²) in [5, 5.41) is 15.3. The summed E-state index contributed by atoms with van der Waals surface area (Å²) in [5.41, 5.74) is 1.05. The molecule has 1 aliphatic rings. The SMILES string of the molecule is COc1ccc(CCN(C(=O)Cn2nnc(-c3ccccc3F)n2)[C@@H](C(=O)NC2CCCCC2)c2ccco2)cc1OC. The molecule has 1 aliphatic carbocycles. The van der Waals surface area contributed by atoms with Crippen molar-refractivity contribution in [1.82, 2.24) is 30.4 Å². The van der Waals surface area contributed by atoms with Crippen LogP contribution in [0.25, 0.3) is 11.4 Å². The Morgan fingerprint density at radius 3 is 2.58 bits per heavy atom. The normalized spacial score (nSPS) is 14.2. The van der Waals surface area contributed by atoms with Gasteiger partial charge in [0.25, 0.3) is 5.91 Å². The number of nitrogens with one attached hydrogen (secondary N) is 1. The maximum absolute atomic E-state index is 14.3. The molecule has 1 saturated carbocycles. The Bertz CT molecular complexity index is 1520. The van der Waals surface area contributed by atoms with Gasteiger partial charge in [-0.1, -0.05) is 37.5 Å². The van der Waals surface area contributed by atoms with Crippen LogP contribution in [0.3, 0.4) is 0 Å². The molecular formula is C31H35FN6O5. The van der Waals surface area contributed by atoms with Crippen LogP contribution >= 0.6 is 0 Å². The third kappa shape index (κ3) is 7.19. The lowest BCUT2D eigenvalue weighted by Crippen LogP contribution is -2.48. The van der Waals surface area contributed by atoms with Gasteiger partial charge in [-0.05, 0) is 66.4 Å². The summed E-state index contributed by atoms with van der Waals surface area (Å²) in [7, 11) is 3.12. The van der Waals surface area contributed by atoms with Crippen molar-refractivity contribution >= 4 is 11.8 Å². The Kier molecular flexibility index (Phi) is 9.65. The highest BCUT2D eigenvalue weighted by Crippen LogP contribution is 2.29. The average Bonchev–Trinajstić information content (AvgIpc) is 3.72. The van der Waals surface area contributed by atoms with Gasteiger partial charge in [0, 0.05) is 12.6 Å². The molecule has 1 N–H and O–H groups in total. The van der Waals surface area contributed by atoms with E-state index >= 15 is 0 Å². The Balaban J connectivity index is 1.43. The van der Waals surface area contributed by atoms with E-state index in [1.165, 1.54) is 23.3 Å². The topological polar surface area (TPSA) is 125 Å². The summed E-state index contributed by atoms with van der Waals surface area (Å²) in [6, 6.07) is 14.0. The molecule has 2 heterocycles. The number of nitrogens with zero attached hydrogens (tertiary/aromatic N) is 5. The zero-order valence-corrected chi connectivity index (χ0v) is 24.2. The third-order valence-electron chi connectivity index (χ3n) is 7.58. The number of benzene rings is 2. The van der Waals surface area contributed by atoms with Crippen LogP contribution in [0, 0.1) is 5.82 Å². The minimum atomic E-state index is -1.03. The van der Waals surface area contributed by atoms with E-state index in [2.05, 4.69) is 20.7 Å². The predicted molar refractivity (Wildman–Crippen MR) is 155 cm³/mol. The third-order valence-corrected chi connectivity index (χ3v) is 7.58. The van der Waals surface area contributed by atoms with Crippen LogP contribution in [0.15, 0.2) is 65.3 Å². The van der Waals surface area contributed by atoms with Crippen LogP contribution in [0.5, 0.6) is 11.5 Å². The maximum atomic E-state index is 14.3. The minimum Gasteiger partial charge on any atom is -0.493 e. The number of hydrogen-bond acceptors (Lipinski definition) is 8. The first-order valence-corrected chi connectivity index (χ1v) is 14.3. The van der Waals surface area contributed by atoms with Crippen LogP contribution in [0.2, 0.25) is 0 Å². The highest BCUT2D eigenvalue weighted by molar-refractivity contribution is 5.88. The van der Waals surface area contributed by atoms with E-state index in [-0.39, 0.29) is 36.4 Å². The Labute approximate surface area is 249 Å². The first-order valence-electron chi connectivity index (χ1n) is 14.3. The Hall–Kier alpha value is -4.74. The molecule has 5 rings (SSSR count). The van der Waals surface area contributed by atoms with Crippen molar-refractivity contribution in [2.45, 2.75) is 57.2 Å². The van der Waals surface area contributed by atoms with Crippen molar-refractivity contribution in [2.75, 3.05) is 20.8 Å². The molecule has 0 unspecified atom stereocenters. The summed E-state index contributed by atoms with van der Waals surface area (Å²) in [5.74, 6) is 0.292. The summed E-state index contributed by atoms with van der Waals surface area (Å²) < 4.78 is 30.8. The number of carbonyl (C=O) groups excluding carboxylic acids is 2. The molecule has 1 fully saturated rings. The first-order chi connectivity index (χ1) is 21.0. The summed E-state index contributed by atoms with van der Waals surface area (Å²) in [6.45, 7) is -0.145. The molecule has 4 aromatic rings. The predicted octanol–water partition coefficient (Wildman–Crippen LogP) is 4.35. The fourth-order valence-corrected chi connectivity index (χ4v) is 5.35. The Morgan fingerprint density at radius 1 is 1.07 bits per heavy atom. The van der Waals surface area contributed by atoms with E-state index < -0.39 is 17.8 Å². The maximum Gasteiger partial charge on any atom is 0.250 e. The van der Waals surface area contributed by atoms with Gasteiger partial charge in [0.15, 0.2) is 17.5 Å². The van der Waals surface area contributed by atoms with Gasteiger partial charge in [0.2, 0.25) is 11.7 Å². The average molecular weight is 591 g/mol. The van der Waals surface area contributed by atoms with E-state index in [0.717, 1.165) is 42.5 Å². The van der Waals surface area contributed by atoms with Crippen LogP contribution in [0.1, 0.15) is 49.5 Å². The number of aromatic nitrogens is 4. The van der Waals surface area contributed by atoms with E-state index in [1.54, 1.807) is 44.6 Å². The molecule has 12 heteroatoms. The molecule has 0 bridgehead atoms. The zero-order valence-electron chi connectivity index (χ0n) is 24.2. The second kappa shape index (κ2) is 14.0. The number of halogens is 1. The Morgan fingerprint density at radius 2 is 1.86 bits per heavy atom. The first kappa shape index (κ1) is 29.7. The van der Waals surface area contributed by atoms with Gasteiger partial charge in [0.05, 0.1) is 26.0 Å². The zero-order chi connectivity index (χ0) is 30.2. The second-order valence-electron chi connectivity index (χ2n) is 10.4. The molecule has 1 atom stereocenters. The van der Waals surface area contributed by atoms with E-state index in [1.807, 2.05) is 12.1 Å². The fraction of sp³-hybridized carbons (Fsp3) is 0.387. The van der Waals surface area contributed by atoms with Gasteiger partial charge in [-0.2, -0.15) is 4.80 Å². The largest absolute Gasteiger partial charge is 0.493 e. The van der Waals surface area contributed by atoms with E-state index in [0.29, 0.717) is 23.7 Å². The standard InChI is InChI=1S/C31H35FN6O5/c1-41-25-15-14-21(19-27(25)42-2)16-17-37(28(39)20-38-35-30(34-36-38)23-11-6-7-12-24(23)32)29(26-13-8-18-43-26)31(40)33-22-9-4-3-5-10-22/h6-8,11-15,18-19,22,29H,3-5,9-10,16-17,20H2,1-2H3,(H,33,40)/t29-/m1/s1. The van der Waals surface area contributed by atoms with Crippen molar-refractivity contribution < 1.29 is 27.9 Å². The molecule has 2 amide bonds. The van der Waals surface area contributed by atoms with Crippen molar-refractivity contribution in [2.24, 2.45) is 0 Å². The van der Waals surface area contributed by atoms with Crippen LogP contribution < -0.4 is 14.8 Å². The highest BCUT2D eigenvalue weighted by Gasteiger charge is 2.35. The van der Waals surface area contributed by atoms with Crippen LogP contribution in [0.4, 0.5) is 4.39 Å². The molecule has 2 aromatic carbocycles.